The first-order valence-electron chi connectivity index (χ1n) is 13.8. The average Bonchev–Trinajstić information content (AvgIpc) is 3.04. The van der Waals surface area contributed by atoms with Crippen molar-refractivity contribution in [1.29, 1.82) is 0 Å². The van der Waals surface area contributed by atoms with Crippen molar-refractivity contribution in [2.24, 2.45) is 11.8 Å². The number of hydrogen-bond donors (Lipinski definition) is 0. The minimum absolute atomic E-state index is 0.146. The number of carbonyl (C=O) groups excluding carboxylic acids is 2. The summed E-state index contributed by atoms with van der Waals surface area (Å²) in [5, 5.41) is 0. The third-order valence-electron chi connectivity index (χ3n) is 7.18. The highest BCUT2D eigenvalue weighted by molar-refractivity contribution is 5.95. The molecule has 0 spiro atoms. The van der Waals surface area contributed by atoms with Crippen LogP contribution in [0.25, 0.3) is 0 Å². The van der Waals surface area contributed by atoms with Crippen molar-refractivity contribution < 1.29 is 42.7 Å². The van der Waals surface area contributed by atoms with Gasteiger partial charge in [-0.3, -0.25) is 9.59 Å². The Kier molecular flexibility index (Phi) is 12.0. The van der Waals surface area contributed by atoms with Crippen molar-refractivity contribution in [3.8, 4) is 0 Å². The van der Waals surface area contributed by atoms with Crippen LogP contribution in [0.1, 0.15) is 16.7 Å². The molecule has 1 fully saturated rings. The third kappa shape index (κ3) is 8.24. The van der Waals surface area contributed by atoms with Crippen LogP contribution in [0.5, 0.6) is 0 Å². The second kappa shape index (κ2) is 16.1. The van der Waals surface area contributed by atoms with E-state index in [0.717, 1.165) is 16.7 Å². The molecule has 1 aliphatic rings. The standard InChI is InChI=1S/C33H38O9/c1-36-31(34)28(32(35)37-2)27-30(41-21-25-17-11-6-12-18-25)29(40-20-24-15-9-5-10-16-24)26(42-33(27)38-3)22-39-19-23-13-7-4-8-14-23/h4-18,26-30,33H,19-22H2,1-3H3/t26-,27+,29-,30-,33+/m1/s1. The molecule has 9 heteroatoms. The summed E-state index contributed by atoms with van der Waals surface area (Å²) in [7, 11) is 3.88. The van der Waals surface area contributed by atoms with Gasteiger partial charge in [-0.15, -0.1) is 0 Å². The number of esters is 2. The van der Waals surface area contributed by atoms with E-state index in [1.54, 1.807) is 0 Å². The fourth-order valence-corrected chi connectivity index (χ4v) is 5.09. The molecule has 9 nitrogen and oxygen atoms in total. The van der Waals surface area contributed by atoms with Gasteiger partial charge in [-0.05, 0) is 16.7 Å². The fourth-order valence-electron chi connectivity index (χ4n) is 5.09. The zero-order valence-electron chi connectivity index (χ0n) is 24.1. The second-order valence-corrected chi connectivity index (χ2v) is 9.90. The molecule has 0 bridgehead atoms. The van der Waals surface area contributed by atoms with Crippen molar-refractivity contribution in [3.63, 3.8) is 0 Å². The van der Waals surface area contributed by atoms with E-state index in [-0.39, 0.29) is 19.8 Å². The monoisotopic (exact) mass is 578 g/mol. The van der Waals surface area contributed by atoms with Gasteiger partial charge in [0, 0.05) is 7.11 Å². The van der Waals surface area contributed by atoms with E-state index in [1.807, 2.05) is 91.0 Å². The lowest BCUT2D eigenvalue weighted by molar-refractivity contribution is -0.306. The molecule has 0 aliphatic carbocycles. The molecule has 224 valence electrons. The lowest BCUT2D eigenvalue weighted by Crippen LogP contribution is -2.61. The predicted molar refractivity (Wildman–Crippen MR) is 153 cm³/mol. The molecule has 1 heterocycles. The van der Waals surface area contributed by atoms with Gasteiger partial charge < -0.3 is 33.2 Å². The highest BCUT2D eigenvalue weighted by Crippen LogP contribution is 2.38. The average molecular weight is 579 g/mol. The lowest BCUT2D eigenvalue weighted by atomic mass is 9.80. The van der Waals surface area contributed by atoms with Gasteiger partial charge in [0.05, 0.1) is 52.7 Å². The molecule has 0 unspecified atom stereocenters. The van der Waals surface area contributed by atoms with Gasteiger partial charge in [0.1, 0.15) is 12.2 Å². The van der Waals surface area contributed by atoms with Gasteiger partial charge >= 0.3 is 11.9 Å². The van der Waals surface area contributed by atoms with Crippen molar-refractivity contribution in [2.45, 2.75) is 44.4 Å². The van der Waals surface area contributed by atoms with E-state index >= 15 is 0 Å². The predicted octanol–water partition coefficient (Wildman–Crippen LogP) is 4.32. The molecule has 4 rings (SSSR count). The van der Waals surface area contributed by atoms with Gasteiger partial charge in [0.25, 0.3) is 0 Å². The molecular weight excluding hydrogens is 540 g/mol. The first-order valence-corrected chi connectivity index (χ1v) is 13.8. The molecule has 42 heavy (non-hydrogen) atoms. The SMILES string of the molecule is COC(=O)C(C(=O)OC)[C@@H]1[C@@H](OC)O[C@H](COCc2ccccc2)[C@@H](OCc2ccccc2)[C@@H]1OCc1ccccc1. The van der Waals surface area contributed by atoms with Crippen molar-refractivity contribution >= 4 is 11.9 Å². The Morgan fingerprint density at radius 3 is 1.57 bits per heavy atom. The molecule has 5 atom stereocenters. The number of rotatable bonds is 14. The maximum atomic E-state index is 13.0. The number of hydrogen-bond acceptors (Lipinski definition) is 9. The van der Waals surface area contributed by atoms with Crippen molar-refractivity contribution in [1.82, 2.24) is 0 Å². The van der Waals surface area contributed by atoms with E-state index in [0.29, 0.717) is 6.61 Å². The minimum Gasteiger partial charge on any atom is -0.468 e. The first kappa shape index (κ1) is 31.3. The minimum atomic E-state index is -1.39. The van der Waals surface area contributed by atoms with Crippen LogP contribution >= 0.6 is 0 Å². The third-order valence-corrected chi connectivity index (χ3v) is 7.18. The van der Waals surface area contributed by atoms with Crippen LogP contribution in [0.3, 0.4) is 0 Å². The molecule has 1 aliphatic heterocycles. The van der Waals surface area contributed by atoms with E-state index in [1.165, 1.54) is 21.3 Å². The van der Waals surface area contributed by atoms with Gasteiger partial charge in [-0.2, -0.15) is 0 Å². The number of ether oxygens (including phenoxy) is 7. The summed E-state index contributed by atoms with van der Waals surface area (Å²) in [5.41, 5.74) is 2.85. The lowest BCUT2D eigenvalue weighted by Gasteiger charge is -2.47. The Labute approximate surface area is 246 Å². The smallest absolute Gasteiger partial charge is 0.320 e. The summed E-state index contributed by atoms with van der Waals surface area (Å²) in [6.07, 6.45) is -3.29. The van der Waals surface area contributed by atoms with Gasteiger partial charge in [-0.25, -0.2) is 0 Å². The van der Waals surface area contributed by atoms with Crippen LogP contribution in [0.15, 0.2) is 91.0 Å². The molecular formula is C33H38O9. The Morgan fingerprint density at radius 1 is 0.667 bits per heavy atom. The van der Waals surface area contributed by atoms with Gasteiger partial charge in [0.15, 0.2) is 12.2 Å². The van der Waals surface area contributed by atoms with Gasteiger partial charge in [-0.1, -0.05) is 91.0 Å². The Balaban J connectivity index is 1.68. The summed E-state index contributed by atoms with van der Waals surface area (Å²) < 4.78 is 41.3. The molecule has 3 aromatic rings. The van der Waals surface area contributed by atoms with Gasteiger partial charge in [0.2, 0.25) is 0 Å². The van der Waals surface area contributed by atoms with Crippen LogP contribution in [0.4, 0.5) is 0 Å². The molecule has 0 amide bonds. The van der Waals surface area contributed by atoms with E-state index in [2.05, 4.69) is 0 Å². The Hall–Kier alpha value is -3.60. The highest BCUT2D eigenvalue weighted by atomic mass is 16.7. The Bertz CT molecular complexity index is 1210. The normalized spacial score (nSPS) is 22.0. The molecule has 3 aromatic carbocycles. The zero-order valence-corrected chi connectivity index (χ0v) is 24.1. The van der Waals surface area contributed by atoms with Crippen molar-refractivity contribution in [3.05, 3.63) is 108 Å². The topological polar surface area (TPSA) is 98.8 Å². The first-order chi connectivity index (χ1) is 20.5. The molecule has 0 aromatic heterocycles. The zero-order chi connectivity index (χ0) is 29.7. The Morgan fingerprint density at radius 2 is 1.12 bits per heavy atom. The van der Waals surface area contributed by atoms with Crippen LogP contribution in [-0.2, 0) is 62.6 Å². The fraction of sp³-hybridized carbons (Fsp3) is 0.394. The summed E-state index contributed by atoms with van der Waals surface area (Å²) >= 11 is 0. The molecule has 0 saturated carbocycles. The molecule has 0 radical (unpaired) electrons. The van der Waals surface area contributed by atoms with Crippen LogP contribution in [0, 0.1) is 11.8 Å². The largest absolute Gasteiger partial charge is 0.468 e. The van der Waals surface area contributed by atoms with Crippen LogP contribution < -0.4 is 0 Å². The molecule has 1 saturated heterocycles. The number of benzene rings is 3. The van der Waals surface area contributed by atoms with E-state index in [4.69, 9.17) is 33.2 Å². The quantitative estimate of drug-likeness (QED) is 0.205. The summed E-state index contributed by atoms with van der Waals surface area (Å²) in [4.78, 5) is 26.1. The van der Waals surface area contributed by atoms with Crippen molar-refractivity contribution in [2.75, 3.05) is 27.9 Å². The number of methoxy groups -OCH3 is 3. The van der Waals surface area contributed by atoms with E-state index < -0.39 is 48.4 Å². The summed E-state index contributed by atoms with van der Waals surface area (Å²) in [6.45, 7) is 0.930. The maximum absolute atomic E-state index is 13.0. The van der Waals surface area contributed by atoms with E-state index in [9.17, 15) is 9.59 Å². The number of carbonyl (C=O) groups is 2. The second-order valence-electron chi connectivity index (χ2n) is 9.90. The highest BCUT2D eigenvalue weighted by Gasteiger charge is 2.55. The molecule has 0 N–H and O–H groups in total. The summed E-state index contributed by atoms with van der Waals surface area (Å²) in [5.74, 6) is -3.91. The van der Waals surface area contributed by atoms with Crippen LogP contribution in [-0.4, -0.2) is 64.5 Å². The summed E-state index contributed by atoms with van der Waals surface area (Å²) in [6, 6.07) is 29.1. The maximum Gasteiger partial charge on any atom is 0.320 e. The van der Waals surface area contributed by atoms with Crippen LogP contribution in [0.2, 0.25) is 0 Å².